The molecular formula is C21H20FN3O. The van der Waals surface area contributed by atoms with E-state index in [2.05, 4.69) is 9.97 Å². The van der Waals surface area contributed by atoms with Crippen molar-refractivity contribution in [1.29, 1.82) is 0 Å². The van der Waals surface area contributed by atoms with Crippen LogP contribution in [-0.4, -0.2) is 27.3 Å². The molecule has 0 aliphatic carbocycles. The SMILES string of the molecule is Cc1cc(C(=O)N2CCCCC2c2cccnc2)c2ccc(F)cc2n1. The Kier molecular flexibility index (Phi) is 4.37. The van der Waals surface area contributed by atoms with E-state index in [4.69, 9.17) is 0 Å². The Hall–Kier alpha value is -2.82. The van der Waals surface area contributed by atoms with Gasteiger partial charge in [-0.3, -0.25) is 14.8 Å². The van der Waals surface area contributed by atoms with Gasteiger partial charge in [-0.15, -0.1) is 0 Å². The number of likely N-dealkylation sites (tertiary alicyclic amines) is 1. The van der Waals surface area contributed by atoms with Crippen molar-refractivity contribution >= 4 is 16.8 Å². The first-order valence-electron chi connectivity index (χ1n) is 8.91. The highest BCUT2D eigenvalue weighted by molar-refractivity contribution is 6.06. The number of nitrogens with zero attached hydrogens (tertiary/aromatic N) is 3. The van der Waals surface area contributed by atoms with Crippen molar-refractivity contribution in [1.82, 2.24) is 14.9 Å². The molecule has 1 atom stereocenters. The number of carbonyl (C=O) groups is 1. The van der Waals surface area contributed by atoms with E-state index >= 15 is 0 Å². The third-order valence-electron chi connectivity index (χ3n) is 4.96. The van der Waals surface area contributed by atoms with Crippen molar-refractivity contribution in [2.45, 2.75) is 32.2 Å². The number of pyridine rings is 2. The predicted octanol–water partition coefficient (Wildman–Crippen LogP) is 4.44. The number of fused-ring (bicyclic) bond motifs is 1. The Morgan fingerprint density at radius 3 is 2.92 bits per heavy atom. The number of benzene rings is 1. The lowest BCUT2D eigenvalue weighted by Crippen LogP contribution is -2.38. The number of carbonyl (C=O) groups excluding carboxylic acids is 1. The summed E-state index contributed by atoms with van der Waals surface area (Å²) in [6.07, 6.45) is 6.58. The van der Waals surface area contributed by atoms with Gasteiger partial charge in [0.15, 0.2) is 0 Å². The fourth-order valence-corrected chi connectivity index (χ4v) is 3.76. The third-order valence-corrected chi connectivity index (χ3v) is 4.96. The molecule has 3 aromatic rings. The fourth-order valence-electron chi connectivity index (χ4n) is 3.76. The lowest BCUT2D eigenvalue weighted by molar-refractivity contribution is 0.0613. The van der Waals surface area contributed by atoms with E-state index in [0.717, 1.165) is 24.8 Å². The Bertz CT molecular complexity index is 953. The van der Waals surface area contributed by atoms with E-state index in [1.54, 1.807) is 18.3 Å². The normalized spacial score (nSPS) is 17.5. The van der Waals surface area contributed by atoms with E-state index in [1.165, 1.54) is 12.1 Å². The van der Waals surface area contributed by atoms with E-state index in [-0.39, 0.29) is 17.8 Å². The van der Waals surface area contributed by atoms with Crippen LogP contribution >= 0.6 is 0 Å². The van der Waals surface area contributed by atoms with E-state index in [1.807, 2.05) is 30.2 Å². The Labute approximate surface area is 151 Å². The summed E-state index contributed by atoms with van der Waals surface area (Å²) in [6, 6.07) is 10.2. The van der Waals surface area contributed by atoms with Gasteiger partial charge >= 0.3 is 0 Å². The number of piperidine rings is 1. The Morgan fingerprint density at radius 1 is 1.23 bits per heavy atom. The van der Waals surface area contributed by atoms with Crippen molar-refractivity contribution in [3.05, 3.63) is 71.4 Å². The number of halogens is 1. The van der Waals surface area contributed by atoms with Crippen LogP contribution in [-0.2, 0) is 0 Å². The molecular weight excluding hydrogens is 329 g/mol. The molecule has 0 N–H and O–H groups in total. The standard InChI is InChI=1S/C21H20FN3O/c1-14-11-18(17-8-7-16(22)12-19(17)24-14)21(26)25-10-3-2-6-20(25)15-5-4-9-23-13-15/h4-5,7-9,11-13,20H,2-3,6,10H2,1H3. The van der Waals surface area contributed by atoms with Gasteiger partial charge in [0.1, 0.15) is 5.82 Å². The number of rotatable bonds is 2. The highest BCUT2D eigenvalue weighted by Gasteiger charge is 2.30. The van der Waals surface area contributed by atoms with Crippen LogP contribution in [0.15, 0.2) is 48.8 Å². The van der Waals surface area contributed by atoms with Gasteiger partial charge in [0, 0.05) is 36.1 Å². The number of aromatic nitrogens is 2. The van der Waals surface area contributed by atoms with E-state index < -0.39 is 0 Å². The minimum atomic E-state index is -0.347. The Balaban J connectivity index is 1.78. The molecule has 2 aromatic heterocycles. The predicted molar refractivity (Wildman–Crippen MR) is 98.3 cm³/mol. The zero-order valence-corrected chi connectivity index (χ0v) is 14.7. The largest absolute Gasteiger partial charge is 0.332 e. The third kappa shape index (κ3) is 3.05. The van der Waals surface area contributed by atoms with Crippen molar-refractivity contribution in [3.63, 3.8) is 0 Å². The maximum atomic E-state index is 13.6. The molecule has 0 spiro atoms. The van der Waals surface area contributed by atoms with Crippen molar-refractivity contribution in [2.24, 2.45) is 0 Å². The topological polar surface area (TPSA) is 46.1 Å². The number of aryl methyl sites for hydroxylation is 1. The maximum absolute atomic E-state index is 13.6. The van der Waals surface area contributed by atoms with Gasteiger partial charge in [0.25, 0.3) is 5.91 Å². The van der Waals surface area contributed by atoms with E-state index in [0.29, 0.717) is 28.7 Å². The minimum Gasteiger partial charge on any atom is -0.332 e. The quantitative estimate of drug-likeness (QED) is 0.687. The zero-order chi connectivity index (χ0) is 18.1. The molecule has 4 nitrogen and oxygen atoms in total. The molecule has 0 radical (unpaired) electrons. The second kappa shape index (κ2) is 6.83. The van der Waals surface area contributed by atoms with E-state index in [9.17, 15) is 9.18 Å². The van der Waals surface area contributed by atoms with Crippen LogP contribution in [0.2, 0.25) is 0 Å². The highest BCUT2D eigenvalue weighted by atomic mass is 19.1. The van der Waals surface area contributed by atoms with Crippen LogP contribution in [0, 0.1) is 12.7 Å². The van der Waals surface area contributed by atoms with Gasteiger partial charge < -0.3 is 4.90 Å². The van der Waals surface area contributed by atoms with Gasteiger partial charge in [0.05, 0.1) is 17.1 Å². The van der Waals surface area contributed by atoms with Gasteiger partial charge in [-0.05, 0) is 56.0 Å². The summed E-state index contributed by atoms with van der Waals surface area (Å²) in [4.78, 5) is 23.9. The molecule has 1 unspecified atom stereocenters. The summed E-state index contributed by atoms with van der Waals surface area (Å²) in [5.41, 5.74) is 2.87. The molecule has 1 saturated heterocycles. The van der Waals surface area contributed by atoms with Crippen LogP contribution in [0.4, 0.5) is 4.39 Å². The molecule has 132 valence electrons. The van der Waals surface area contributed by atoms with Gasteiger partial charge in [0.2, 0.25) is 0 Å². The molecule has 4 rings (SSSR count). The molecule has 1 aliphatic heterocycles. The van der Waals surface area contributed by atoms with Crippen molar-refractivity contribution < 1.29 is 9.18 Å². The first-order chi connectivity index (χ1) is 12.6. The van der Waals surface area contributed by atoms with Crippen LogP contribution in [0.1, 0.15) is 46.9 Å². The zero-order valence-electron chi connectivity index (χ0n) is 14.7. The molecule has 26 heavy (non-hydrogen) atoms. The summed E-state index contributed by atoms with van der Waals surface area (Å²) in [5.74, 6) is -0.374. The average molecular weight is 349 g/mol. The monoisotopic (exact) mass is 349 g/mol. The molecule has 0 saturated carbocycles. The second-order valence-electron chi connectivity index (χ2n) is 6.77. The molecule has 1 fully saturated rings. The lowest BCUT2D eigenvalue weighted by atomic mass is 9.95. The number of hydrogen-bond acceptors (Lipinski definition) is 3. The summed E-state index contributed by atoms with van der Waals surface area (Å²) in [6.45, 7) is 2.54. The van der Waals surface area contributed by atoms with Gasteiger partial charge in [-0.25, -0.2) is 4.39 Å². The van der Waals surface area contributed by atoms with Crippen molar-refractivity contribution in [3.8, 4) is 0 Å². The molecule has 1 aliphatic rings. The first kappa shape index (κ1) is 16.6. The van der Waals surface area contributed by atoms with Gasteiger partial charge in [-0.2, -0.15) is 0 Å². The van der Waals surface area contributed by atoms with Crippen molar-refractivity contribution in [2.75, 3.05) is 6.54 Å². The van der Waals surface area contributed by atoms with Crippen LogP contribution in [0.3, 0.4) is 0 Å². The lowest BCUT2D eigenvalue weighted by Gasteiger charge is -2.36. The second-order valence-corrected chi connectivity index (χ2v) is 6.77. The smallest absolute Gasteiger partial charge is 0.255 e. The summed E-state index contributed by atoms with van der Waals surface area (Å²) >= 11 is 0. The fraction of sp³-hybridized carbons (Fsp3) is 0.286. The number of amides is 1. The molecule has 1 aromatic carbocycles. The Morgan fingerprint density at radius 2 is 2.12 bits per heavy atom. The molecule has 0 bridgehead atoms. The van der Waals surface area contributed by atoms with Gasteiger partial charge in [-0.1, -0.05) is 6.07 Å². The summed E-state index contributed by atoms with van der Waals surface area (Å²) in [7, 11) is 0. The summed E-state index contributed by atoms with van der Waals surface area (Å²) < 4.78 is 13.6. The minimum absolute atomic E-state index is 0.0221. The van der Waals surface area contributed by atoms with Crippen LogP contribution < -0.4 is 0 Å². The molecule has 5 heteroatoms. The first-order valence-corrected chi connectivity index (χ1v) is 8.91. The van der Waals surface area contributed by atoms with Crippen LogP contribution in [0.5, 0.6) is 0 Å². The molecule has 1 amide bonds. The summed E-state index contributed by atoms with van der Waals surface area (Å²) in [5, 5.41) is 0.692. The average Bonchev–Trinajstić information content (AvgIpc) is 2.67. The van der Waals surface area contributed by atoms with Crippen LogP contribution in [0.25, 0.3) is 10.9 Å². The highest BCUT2D eigenvalue weighted by Crippen LogP contribution is 2.33. The number of hydrogen-bond donors (Lipinski definition) is 0. The molecule has 3 heterocycles. The maximum Gasteiger partial charge on any atom is 0.255 e.